The Morgan fingerprint density at radius 2 is 1.59 bits per heavy atom. The van der Waals surface area contributed by atoms with Gasteiger partial charge in [-0.15, -0.1) is 0 Å². The van der Waals surface area contributed by atoms with Crippen molar-refractivity contribution < 1.29 is 8.76 Å². The van der Waals surface area contributed by atoms with Gasteiger partial charge in [-0.2, -0.15) is 0 Å². The van der Waals surface area contributed by atoms with E-state index in [9.17, 15) is 8.76 Å². The fourth-order valence-corrected chi connectivity index (χ4v) is 3.99. The van der Waals surface area contributed by atoms with Gasteiger partial charge in [0.25, 0.3) is 0 Å². The molecule has 0 bridgehead atoms. The van der Waals surface area contributed by atoms with Crippen LogP contribution in [0.4, 0.5) is 0 Å². The predicted molar refractivity (Wildman–Crippen MR) is 86.7 cm³/mol. The topological polar surface area (TPSA) is 64.2 Å². The molecular formula is C17H19N2O2S-. The Morgan fingerprint density at radius 1 is 1.05 bits per heavy atom. The largest absolute Gasteiger partial charge is 0.760 e. The highest BCUT2D eigenvalue weighted by Gasteiger charge is 2.43. The molecule has 1 saturated heterocycles. The van der Waals surface area contributed by atoms with Gasteiger partial charge in [0.2, 0.25) is 0 Å². The van der Waals surface area contributed by atoms with Gasteiger partial charge in [-0.3, -0.25) is 4.21 Å². The lowest BCUT2D eigenvalue weighted by molar-refractivity contribution is 0.346. The zero-order valence-corrected chi connectivity index (χ0v) is 13.0. The molecule has 1 aliphatic rings. The first-order valence-corrected chi connectivity index (χ1v) is 8.52. The van der Waals surface area contributed by atoms with Crippen LogP contribution in [0.2, 0.25) is 0 Å². The maximum absolute atomic E-state index is 11.6. The van der Waals surface area contributed by atoms with Crippen molar-refractivity contribution in [1.29, 1.82) is 0 Å². The molecule has 0 aromatic heterocycles. The van der Waals surface area contributed by atoms with Gasteiger partial charge in [0.1, 0.15) is 0 Å². The van der Waals surface area contributed by atoms with Gasteiger partial charge in [-0.1, -0.05) is 60.7 Å². The van der Waals surface area contributed by atoms with Crippen LogP contribution in [0.1, 0.15) is 24.0 Å². The van der Waals surface area contributed by atoms with E-state index in [0.29, 0.717) is 0 Å². The van der Waals surface area contributed by atoms with Crippen molar-refractivity contribution in [3.63, 3.8) is 0 Å². The molecule has 3 rings (SSSR count). The fraction of sp³-hybridized carbons (Fsp3) is 0.294. The summed E-state index contributed by atoms with van der Waals surface area (Å²) < 4.78 is 26.0. The third-order valence-electron chi connectivity index (χ3n) is 4.29. The minimum absolute atomic E-state index is 0.0233. The molecule has 1 unspecified atom stereocenters. The van der Waals surface area contributed by atoms with Crippen LogP contribution in [0, 0.1) is 0 Å². The molecule has 1 heterocycles. The molecule has 0 saturated carbocycles. The smallest absolute Gasteiger partial charge is 0.0948 e. The van der Waals surface area contributed by atoms with Crippen LogP contribution >= 0.6 is 0 Å². The first-order valence-electron chi connectivity index (χ1n) is 7.45. The molecule has 0 aliphatic carbocycles. The van der Waals surface area contributed by atoms with E-state index in [4.69, 9.17) is 0 Å². The summed E-state index contributed by atoms with van der Waals surface area (Å²) in [4.78, 5) is 0. The van der Waals surface area contributed by atoms with Crippen LogP contribution < -0.4 is 10.0 Å². The average Bonchev–Trinajstić information content (AvgIpc) is 3.09. The van der Waals surface area contributed by atoms with Crippen LogP contribution in [0.15, 0.2) is 60.7 Å². The highest BCUT2D eigenvalue weighted by Crippen LogP contribution is 2.36. The van der Waals surface area contributed by atoms with Gasteiger partial charge in [0.05, 0.1) is 5.54 Å². The van der Waals surface area contributed by atoms with Crippen LogP contribution in [0.25, 0.3) is 0 Å². The average molecular weight is 315 g/mol. The van der Waals surface area contributed by atoms with Gasteiger partial charge in [0.15, 0.2) is 0 Å². The van der Waals surface area contributed by atoms with Crippen molar-refractivity contribution in [3.05, 3.63) is 71.8 Å². The molecule has 1 aliphatic heterocycles. The number of hydrogen-bond donors (Lipinski definition) is 2. The second-order valence-electron chi connectivity index (χ2n) is 5.53. The molecule has 5 heteroatoms. The lowest BCUT2D eigenvalue weighted by atomic mass is 9.77. The summed E-state index contributed by atoms with van der Waals surface area (Å²) in [5, 5.41) is 3.46. The van der Waals surface area contributed by atoms with Gasteiger partial charge >= 0.3 is 0 Å². The molecule has 2 aromatic carbocycles. The van der Waals surface area contributed by atoms with Crippen LogP contribution in [0.5, 0.6) is 0 Å². The summed E-state index contributed by atoms with van der Waals surface area (Å²) in [5.41, 5.74) is 1.11. The summed E-state index contributed by atoms with van der Waals surface area (Å²) in [6.45, 7) is 0.902. The van der Waals surface area contributed by atoms with Crippen molar-refractivity contribution in [2.45, 2.75) is 24.4 Å². The van der Waals surface area contributed by atoms with Gasteiger partial charge < -0.3 is 9.87 Å². The van der Waals surface area contributed by atoms with Crippen molar-refractivity contribution in [2.75, 3.05) is 6.54 Å². The van der Waals surface area contributed by atoms with Crippen LogP contribution in [-0.4, -0.2) is 21.3 Å². The van der Waals surface area contributed by atoms with E-state index < -0.39 is 16.8 Å². The van der Waals surface area contributed by atoms with Gasteiger partial charge in [-0.25, -0.2) is 4.72 Å². The van der Waals surface area contributed by atoms with E-state index in [1.54, 1.807) is 0 Å². The van der Waals surface area contributed by atoms with E-state index in [0.717, 1.165) is 30.5 Å². The Bertz CT molecular complexity index is 588. The van der Waals surface area contributed by atoms with Crippen LogP contribution in [-0.2, 0) is 16.8 Å². The third-order valence-corrected chi connectivity index (χ3v) is 4.77. The summed E-state index contributed by atoms with van der Waals surface area (Å²) >= 11 is -2.37. The maximum atomic E-state index is 11.6. The van der Waals surface area contributed by atoms with Gasteiger partial charge in [0, 0.05) is 17.3 Å². The molecular weight excluding hydrogens is 296 g/mol. The number of rotatable bonds is 5. The zero-order chi connectivity index (χ0) is 15.4. The number of benzene rings is 2. The predicted octanol–water partition coefficient (Wildman–Crippen LogP) is 2.07. The molecule has 0 spiro atoms. The van der Waals surface area contributed by atoms with E-state index >= 15 is 0 Å². The summed E-state index contributed by atoms with van der Waals surface area (Å²) in [6, 6.07) is 19.6. The van der Waals surface area contributed by atoms with Crippen molar-refractivity contribution in [3.8, 4) is 0 Å². The minimum Gasteiger partial charge on any atom is -0.760 e. The Labute approximate surface area is 133 Å². The van der Waals surface area contributed by atoms with Crippen molar-refractivity contribution in [1.82, 2.24) is 10.0 Å². The molecule has 116 valence electrons. The lowest BCUT2D eigenvalue weighted by Crippen LogP contribution is -2.56. The van der Waals surface area contributed by atoms with Gasteiger partial charge in [-0.05, 0) is 30.5 Å². The first-order chi connectivity index (χ1) is 10.7. The fourth-order valence-electron chi connectivity index (χ4n) is 3.35. The van der Waals surface area contributed by atoms with Crippen LogP contribution in [0.3, 0.4) is 0 Å². The molecule has 0 amide bonds. The summed E-state index contributed by atoms with van der Waals surface area (Å²) in [5.74, 6) is 0. The van der Waals surface area contributed by atoms with E-state index in [2.05, 4.69) is 10.0 Å². The molecule has 4 nitrogen and oxygen atoms in total. The second-order valence-corrected chi connectivity index (χ2v) is 6.20. The molecule has 2 aromatic rings. The zero-order valence-electron chi connectivity index (χ0n) is 12.2. The quantitative estimate of drug-likeness (QED) is 0.830. The Kier molecular flexibility index (Phi) is 4.69. The Balaban J connectivity index is 2.19. The SMILES string of the molecule is O=S([O-])NC(c1ccccc1)(c1ccccc1)[C@@H]1CCCN1. The standard InChI is InChI=1S/C17H20N2O2S/c20-22(21)19-17(16-12-7-13-18-16,14-8-3-1-4-9-14)15-10-5-2-6-11-15/h1-6,8-11,16,18-19H,7,12-13H2,(H,20,21)/p-1/t16-/m0/s1. The van der Waals surface area contributed by atoms with Crippen molar-refractivity contribution in [2.24, 2.45) is 0 Å². The number of hydrogen-bond acceptors (Lipinski definition) is 3. The highest BCUT2D eigenvalue weighted by atomic mass is 32.2. The van der Waals surface area contributed by atoms with E-state index in [1.807, 2.05) is 60.7 Å². The summed E-state index contributed by atoms with van der Waals surface area (Å²) in [7, 11) is 0. The highest BCUT2D eigenvalue weighted by molar-refractivity contribution is 7.77. The summed E-state index contributed by atoms with van der Waals surface area (Å²) in [6.07, 6.45) is 1.97. The van der Waals surface area contributed by atoms with Crippen molar-refractivity contribution >= 4 is 11.3 Å². The monoisotopic (exact) mass is 315 g/mol. The lowest BCUT2D eigenvalue weighted by Gasteiger charge is -2.41. The molecule has 22 heavy (non-hydrogen) atoms. The normalized spacial score (nSPS) is 20.0. The molecule has 2 atom stereocenters. The second kappa shape index (κ2) is 6.71. The number of nitrogens with one attached hydrogen (secondary N) is 2. The van der Waals surface area contributed by atoms with E-state index in [-0.39, 0.29) is 6.04 Å². The third kappa shape index (κ3) is 2.85. The minimum atomic E-state index is -2.37. The molecule has 1 fully saturated rings. The Morgan fingerprint density at radius 3 is 2.00 bits per heavy atom. The molecule has 2 N–H and O–H groups in total. The first kappa shape index (κ1) is 15.4. The van der Waals surface area contributed by atoms with E-state index in [1.165, 1.54) is 0 Å². The Hall–Kier alpha value is -1.53. The molecule has 0 radical (unpaired) electrons. The maximum Gasteiger partial charge on any atom is 0.0948 e.